The second kappa shape index (κ2) is 3.21. The summed E-state index contributed by atoms with van der Waals surface area (Å²) in [7, 11) is 0. The molecule has 0 bridgehead atoms. The van der Waals surface area contributed by atoms with Crippen molar-refractivity contribution in [1.82, 2.24) is 0 Å². The van der Waals surface area contributed by atoms with Gasteiger partial charge in [0.2, 0.25) is 5.91 Å². The van der Waals surface area contributed by atoms with Crippen LogP contribution in [0.3, 0.4) is 0 Å². The summed E-state index contributed by atoms with van der Waals surface area (Å²) < 4.78 is 0. The molecule has 1 aliphatic carbocycles. The molecule has 0 atom stereocenters. The lowest BCUT2D eigenvalue weighted by atomic mass is 10.0. The number of nitrogens with two attached hydrogens (primary N) is 2. The molecule has 0 aromatic rings. The molecule has 4 heteroatoms. The maximum Gasteiger partial charge on any atom is 0.218 e. The average molecular weight is 165 g/mol. The number of carbonyl (C=O) groups excluding carboxylic acids is 1. The minimum absolute atomic E-state index is 0. The van der Waals surface area contributed by atoms with Gasteiger partial charge in [-0.2, -0.15) is 0 Å². The first kappa shape index (κ1) is 9.72. The van der Waals surface area contributed by atoms with Gasteiger partial charge in [-0.3, -0.25) is 4.79 Å². The van der Waals surface area contributed by atoms with Crippen molar-refractivity contribution < 1.29 is 4.79 Å². The Morgan fingerprint density at radius 3 is 2.10 bits per heavy atom. The second-order valence-electron chi connectivity index (χ2n) is 2.85. The van der Waals surface area contributed by atoms with Gasteiger partial charge in [-0.05, 0) is 24.8 Å². The van der Waals surface area contributed by atoms with E-state index in [1.54, 1.807) is 0 Å². The summed E-state index contributed by atoms with van der Waals surface area (Å²) >= 11 is 0. The predicted octanol–water partition coefficient (Wildman–Crippen LogP) is 0.0225. The van der Waals surface area contributed by atoms with E-state index in [1.165, 1.54) is 0 Å². The predicted molar refractivity (Wildman–Crippen MR) is 41.8 cm³/mol. The van der Waals surface area contributed by atoms with Crippen molar-refractivity contribution in [3.8, 4) is 0 Å². The van der Waals surface area contributed by atoms with Crippen LogP contribution in [0.5, 0.6) is 0 Å². The minimum Gasteiger partial charge on any atom is -0.370 e. The van der Waals surface area contributed by atoms with Crippen molar-refractivity contribution >= 4 is 18.3 Å². The Labute approximate surface area is 66.6 Å². The summed E-state index contributed by atoms with van der Waals surface area (Å²) in [6.45, 7) is 0.607. The third kappa shape index (κ3) is 2.15. The lowest BCUT2D eigenvalue weighted by Gasteiger charge is -2.06. The number of hydrogen-bond acceptors (Lipinski definition) is 2. The van der Waals surface area contributed by atoms with Gasteiger partial charge in [-0.25, -0.2) is 0 Å². The summed E-state index contributed by atoms with van der Waals surface area (Å²) in [5, 5.41) is 0. The Balaban J connectivity index is 0.000000810. The minimum atomic E-state index is -0.224. The molecular formula is C6H13ClN2O. The van der Waals surface area contributed by atoms with Gasteiger partial charge in [0, 0.05) is 6.42 Å². The maximum absolute atomic E-state index is 10.4. The zero-order chi connectivity index (χ0) is 6.91. The maximum atomic E-state index is 10.4. The topological polar surface area (TPSA) is 69.1 Å². The Morgan fingerprint density at radius 2 is 2.00 bits per heavy atom. The van der Waals surface area contributed by atoms with E-state index in [0.717, 1.165) is 12.8 Å². The Kier molecular flexibility index (Phi) is 3.12. The van der Waals surface area contributed by atoms with Crippen LogP contribution in [-0.2, 0) is 4.79 Å². The molecule has 10 heavy (non-hydrogen) atoms. The first-order chi connectivity index (χ1) is 4.18. The van der Waals surface area contributed by atoms with Crippen LogP contribution >= 0.6 is 12.4 Å². The first-order valence-corrected chi connectivity index (χ1v) is 3.17. The van der Waals surface area contributed by atoms with Crippen LogP contribution in [-0.4, -0.2) is 12.5 Å². The summed E-state index contributed by atoms with van der Waals surface area (Å²) in [4.78, 5) is 10.4. The zero-order valence-corrected chi connectivity index (χ0v) is 6.62. The van der Waals surface area contributed by atoms with Gasteiger partial charge >= 0.3 is 0 Å². The van der Waals surface area contributed by atoms with Crippen molar-refractivity contribution in [2.24, 2.45) is 16.9 Å². The fourth-order valence-corrected chi connectivity index (χ4v) is 0.999. The molecule has 60 valence electrons. The van der Waals surface area contributed by atoms with Gasteiger partial charge in [-0.1, -0.05) is 0 Å². The Morgan fingerprint density at radius 1 is 1.50 bits per heavy atom. The molecule has 0 radical (unpaired) electrons. The summed E-state index contributed by atoms with van der Waals surface area (Å²) in [6.07, 6.45) is 2.63. The molecule has 0 saturated heterocycles. The van der Waals surface area contributed by atoms with Crippen LogP contribution in [0.1, 0.15) is 19.3 Å². The smallest absolute Gasteiger partial charge is 0.218 e. The van der Waals surface area contributed by atoms with Gasteiger partial charge in [-0.15, -0.1) is 12.4 Å². The van der Waals surface area contributed by atoms with E-state index >= 15 is 0 Å². The van der Waals surface area contributed by atoms with Gasteiger partial charge in [0.15, 0.2) is 0 Å². The molecule has 0 aromatic heterocycles. The number of hydrogen-bond donors (Lipinski definition) is 2. The molecule has 0 heterocycles. The fraction of sp³-hybridized carbons (Fsp3) is 0.833. The summed E-state index contributed by atoms with van der Waals surface area (Å²) in [6, 6.07) is 0. The van der Waals surface area contributed by atoms with E-state index in [2.05, 4.69) is 0 Å². The largest absolute Gasteiger partial charge is 0.370 e. The van der Waals surface area contributed by atoms with Crippen LogP contribution in [0.4, 0.5) is 0 Å². The van der Waals surface area contributed by atoms with Crippen molar-refractivity contribution in [3.05, 3.63) is 0 Å². The fourth-order valence-electron chi connectivity index (χ4n) is 0.999. The van der Waals surface area contributed by atoms with Crippen LogP contribution in [0.15, 0.2) is 0 Å². The Hall–Kier alpha value is -0.280. The van der Waals surface area contributed by atoms with Crippen molar-refractivity contribution in [2.75, 3.05) is 6.54 Å². The van der Waals surface area contributed by atoms with E-state index in [9.17, 15) is 4.79 Å². The molecule has 1 saturated carbocycles. The lowest BCUT2D eigenvalue weighted by Crippen LogP contribution is -2.23. The number of amides is 1. The van der Waals surface area contributed by atoms with Crippen LogP contribution < -0.4 is 11.5 Å². The van der Waals surface area contributed by atoms with E-state index in [4.69, 9.17) is 11.5 Å². The summed E-state index contributed by atoms with van der Waals surface area (Å²) in [5.74, 6) is -0.224. The molecule has 3 nitrogen and oxygen atoms in total. The quantitative estimate of drug-likeness (QED) is 0.618. The molecule has 1 amide bonds. The number of halogens is 1. The number of rotatable bonds is 3. The highest BCUT2D eigenvalue weighted by Crippen LogP contribution is 2.47. The highest BCUT2D eigenvalue weighted by atomic mass is 35.5. The number of primary amides is 1. The Bertz CT molecular complexity index is 134. The standard InChI is InChI=1S/C6H12N2O.ClH/c7-4-6(1-2-6)3-5(8)9;/h1-4,7H2,(H2,8,9);1H. The summed E-state index contributed by atoms with van der Waals surface area (Å²) in [5.41, 5.74) is 10.5. The molecule has 1 aliphatic rings. The van der Waals surface area contributed by atoms with Crippen molar-refractivity contribution in [3.63, 3.8) is 0 Å². The zero-order valence-electron chi connectivity index (χ0n) is 5.80. The van der Waals surface area contributed by atoms with Gasteiger partial charge < -0.3 is 11.5 Å². The van der Waals surface area contributed by atoms with E-state index in [-0.39, 0.29) is 23.7 Å². The lowest BCUT2D eigenvalue weighted by molar-refractivity contribution is -0.119. The SMILES string of the molecule is Cl.NCC1(CC(N)=O)CC1. The molecule has 0 aromatic carbocycles. The molecule has 0 unspecified atom stereocenters. The molecule has 0 aliphatic heterocycles. The van der Waals surface area contributed by atoms with Crippen LogP contribution in [0.2, 0.25) is 0 Å². The number of carbonyl (C=O) groups is 1. The van der Waals surface area contributed by atoms with Gasteiger partial charge in [0.25, 0.3) is 0 Å². The molecule has 4 N–H and O–H groups in total. The van der Waals surface area contributed by atoms with Crippen LogP contribution in [0, 0.1) is 5.41 Å². The van der Waals surface area contributed by atoms with E-state index in [0.29, 0.717) is 13.0 Å². The average Bonchev–Trinajstić information content (AvgIpc) is 2.48. The molecular weight excluding hydrogens is 152 g/mol. The van der Waals surface area contributed by atoms with Crippen molar-refractivity contribution in [1.29, 1.82) is 0 Å². The first-order valence-electron chi connectivity index (χ1n) is 3.17. The third-order valence-electron chi connectivity index (χ3n) is 1.94. The molecule has 1 rings (SSSR count). The van der Waals surface area contributed by atoms with Gasteiger partial charge in [0.1, 0.15) is 0 Å². The van der Waals surface area contributed by atoms with Gasteiger partial charge in [0.05, 0.1) is 0 Å². The van der Waals surface area contributed by atoms with Crippen LogP contribution in [0.25, 0.3) is 0 Å². The molecule has 1 fully saturated rings. The van der Waals surface area contributed by atoms with E-state index in [1.807, 2.05) is 0 Å². The monoisotopic (exact) mass is 164 g/mol. The highest BCUT2D eigenvalue weighted by molar-refractivity contribution is 5.85. The third-order valence-corrected chi connectivity index (χ3v) is 1.94. The molecule has 0 spiro atoms. The highest BCUT2D eigenvalue weighted by Gasteiger charge is 2.42. The second-order valence-corrected chi connectivity index (χ2v) is 2.85. The normalized spacial score (nSPS) is 19.3. The van der Waals surface area contributed by atoms with E-state index < -0.39 is 0 Å². The van der Waals surface area contributed by atoms with Crippen molar-refractivity contribution in [2.45, 2.75) is 19.3 Å².